The first kappa shape index (κ1) is 30.8. The molecule has 0 spiro atoms. The standard InChI is InChI=1S/C30H40N4O6S2/c1-3-5-21-11-15-33(16-12-21)41(37,38)23-7-9-25-27(19-23)30(32-36)28-20-24(8-10-26(28)29(25)31-35)42(39,40)34-17-13-22(6-4-2)14-18-34/h7-10,19-22,31,35H,3-6,11-18H2,1-2H3. The van der Waals surface area contributed by atoms with Crippen LogP contribution in [0.2, 0.25) is 0 Å². The summed E-state index contributed by atoms with van der Waals surface area (Å²) >= 11 is 0. The second kappa shape index (κ2) is 12.5. The lowest BCUT2D eigenvalue weighted by molar-refractivity contribution is 0.262. The average Bonchev–Trinajstić information content (AvgIpc) is 3.00. The van der Waals surface area contributed by atoms with Crippen molar-refractivity contribution in [2.45, 2.75) is 75.0 Å². The summed E-state index contributed by atoms with van der Waals surface area (Å²) in [4.78, 5) is 12.3. The zero-order valence-corrected chi connectivity index (χ0v) is 25.9. The van der Waals surface area contributed by atoms with E-state index in [0.717, 1.165) is 51.4 Å². The molecule has 0 bridgehead atoms. The molecular weight excluding hydrogens is 576 g/mol. The summed E-state index contributed by atoms with van der Waals surface area (Å²) in [5.41, 5.74) is 2.34. The van der Waals surface area contributed by atoms with E-state index in [1.807, 2.05) is 0 Å². The van der Waals surface area contributed by atoms with Crippen LogP contribution >= 0.6 is 0 Å². The predicted molar refractivity (Wildman–Crippen MR) is 165 cm³/mol. The molecule has 42 heavy (non-hydrogen) atoms. The number of piperidine rings is 2. The predicted octanol–water partition coefficient (Wildman–Crippen LogP) is 6.59. The molecule has 0 atom stereocenters. The number of fused-ring (bicyclic) bond motifs is 2. The van der Waals surface area contributed by atoms with Gasteiger partial charge in [-0.2, -0.15) is 8.61 Å². The van der Waals surface area contributed by atoms with Gasteiger partial charge in [0.25, 0.3) is 0 Å². The van der Waals surface area contributed by atoms with Gasteiger partial charge in [-0.15, -0.1) is 4.91 Å². The van der Waals surface area contributed by atoms with Crippen molar-refractivity contribution in [1.82, 2.24) is 8.61 Å². The zero-order valence-electron chi connectivity index (χ0n) is 24.3. The van der Waals surface area contributed by atoms with Gasteiger partial charge in [0.2, 0.25) is 20.0 Å². The maximum atomic E-state index is 13.6. The molecule has 3 aromatic carbocycles. The number of anilines is 1. The van der Waals surface area contributed by atoms with Crippen LogP contribution < -0.4 is 5.48 Å². The van der Waals surface area contributed by atoms with Crippen LogP contribution in [0.15, 0.2) is 51.4 Å². The topological polar surface area (TPSA) is 136 Å². The quantitative estimate of drug-likeness (QED) is 0.149. The Hall–Kier alpha value is -2.64. The summed E-state index contributed by atoms with van der Waals surface area (Å²) in [6.07, 6.45) is 7.51. The molecule has 2 fully saturated rings. The van der Waals surface area contributed by atoms with Gasteiger partial charge in [-0.3, -0.25) is 10.7 Å². The number of benzene rings is 3. The van der Waals surface area contributed by atoms with Crippen molar-refractivity contribution >= 4 is 53.0 Å². The van der Waals surface area contributed by atoms with Gasteiger partial charge < -0.3 is 0 Å². The van der Waals surface area contributed by atoms with E-state index in [1.54, 1.807) is 12.1 Å². The second-order valence-corrected chi connectivity index (χ2v) is 15.5. The van der Waals surface area contributed by atoms with Crippen molar-refractivity contribution < 1.29 is 22.0 Å². The molecule has 2 heterocycles. The fourth-order valence-electron chi connectivity index (χ4n) is 6.70. The van der Waals surface area contributed by atoms with Gasteiger partial charge in [-0.25, -0.2) is 16.8 Å². The SMILES string of the molecule is CCCC1CCN(S(=O)(=O)c2ccc3c(NO)c4ccc(S(=O)(=O)N5CCC(CCC)CC5)cc4c(N=O)c3c2)CC1. The molecule has 0 radical (unpaired) electrons. The first-order valence-electron chi connectivity index (χ1n) is 14.9. The highest BCUT2D eigenvalue weighted by atomic mass is 32.2. The van der Waals surface area contributed by atoms with Gasteiger partial charge in [0.15, 0.2) is 0 Å². The number of rotatable bonds is 10. The third-order valence-electron chi connectivity index (χ3n) is 9.05. The lowest BCUT2D eigenvalue weighted by atomic mass is 9.94. The lowest BCUT2D eigenvalue weighted by Crippen LogP contribution is -2.38. The Kier molecular flexibility index (Phi) is 9.19. The van der Waals surface area contributed by atoms with Gasteiger partial charge in [-0.1, -0.05) is 51.7 Å². The molecule has 12 heteroatoms. The summed E-state index contributed by atoms with van der Waals surface area (Å²) in [5, 5.41) is 14.6. The summed E-state index contributed by atoms with van der Waals surface area (Å²) < 4.78 is 57.4. The fraction of sp³-hybridized carbons (Fsp3) is 0.533. The molecule has 0 unspecified atom stereocenters. The molecule has 0 saturated carbocycles. The van der Waals surface area contributed by atoms with Crippen LogP contribution in [0.25, 0.3) is 21.5 Å². The van der Waals surface area contributed by atoms with Gasteiger partial charge in [0, 0.05) is 47.7 Å². The zero-order chi connectivity index (χ0) is 30.1. The Morgan fingerprint density at radius 1 is 0.738 bits per heavy atom. The van der Waals surface area contributed by atoms with E-state index in [2.05, 4.69) is 24.5 Å². The van der Waals surface area contributed by atoms with Crippen molar-refractivity contribution in [3.8, 4) is 0 Å². The molecule has 2 aliphatic rings. The van der Waals surface area contributed by atoms with Gasteiger partial charge in [0.05, 0.1) is 15.5 Å². The van der Waals surface area contributed by atoms with Crippen LogP contribution in [0.1, 0.15) is 65.2 Å². The summed E-state index contributed by atoms with van der Waals surface area (Å²) in [6, 6.07) is 8.84. The second-order valence-electron chi connectivity index (χ2n) is 11.6. The Bertz CT molecular complexity index is 1560. The van der Waals surface area contributed by atoms with Crippen molar-refractivity contribution in [1.29, 1.82) is 0 Å². The summed E-state index contributed by atoms with van der Waals surface area (Å²) in [7, 11) is -7.68. The Labute approximate surface area is 248 Å². The van der Waals surface area contributed by atoms with Crippen molar-refractivity contribution in [3.63, 3.8) is 0 Å². The normalized spacial score (nSPS) is 18.5. The van der Waals surface area contributed by atoms with E-state index in [-0.39, 0.29) is 31.9 Å². The highest BCUT2D eigenvalue weighted by molar-refractivity contribution is 7.89. The molecular formula is C30H40N4O6S2. The highest BCUT2D eigenvalue weighted by Gasteiger charge is 2.32. The Morgan fingerprint density at radius 2 is 1.14 bits per heavy atom. The fourth-order valence-corrected chi connectivity index (χ4v) is 9.69. The highest BCUT2D eigenvalue weighted by Crippen LogP contribution is 2.43. The van der Waals surface area contributed by atoms with Crippen LogP contribution in [0.3, 0.4) is 0 Å². The van der Waals surface area contributed by atoms with Crippen LogP contribution in [0.5, 0.6) is 0 Å². The van der Waals surface area contributed by atoms with Crippen molar-refractivity contribution in [2.24, 2.45) is 17.0 Å². The van der Waals surface area contributed by atoms with Gasteiger partial charge in [0.1, 0.15) is 5.69 Å². The maximum Gasteiger partial charge on any atom is 0.243 e. The van der Waals surface area contributed by atoms with Crippen LogP contribution in [-0.4, -0.2) is 56.8 Å². The van der Waals surface area contributed by atoms with Gasteiger partial charge >= 0.3 is 0 Å². The molecule has 228 valence electrons. The van der Waals surface area contributed by atoms with E-state index in [9.17, 15) is 26.9 Å². The molecule has 0 aromatic heterocycles. The molecule has 2 saturated heterocycles. The molecule has 5 rings (SSSR count). The van der Waals surface area contributed by atoms with E-state index in [4.69, 9.17) is 0 Å². The van der Waals surface area contributed by atoms with Crippen LogP contribution in [0, 0.1) is 16.7 Å². The summed E-state index contributed by atoms with van der Waals surface area (Å²) in [5.74, 6) is 1.03. The molecule has 2 aliphatic heterocycles. The molecule has 10 nitrogen and oxygen atoms in total. The minimum absolute atomic E-state index is 0.0239. The third kappa shape index (κ3) is 5.67. The minimum atomic E-state index is -3.84. The largest absolute Gasteiger partial charge is 0.291 e. The summed E-state index contributed by atoms with van der Waals surface area (Å²) in [6.45, 7) is 5.99. The molecule has 3 aromatic rings. The minimum Gasteiger partial charge on any atom is -0.291 e. The molecule has 2 N–H and O–H groups in total. The smallest absolute Gasteiger partial charge is 0.243 e. The Balaban J connectivity index is 1.56. The van der Waals surface area contributed by atoms with Crippen molar-refractivity contribution in [3.05, 3.63) is 41.3 Å². The van der Waals surface area contributed by atoms with Crippen LogP contribution in [-0.2, 0) is 20.0 Å². The number of hydrogen-bond donors (Lipinski definition) is 2. The van der Waals surface area contributed by atoms with Crippen molar-refractivity contribution in [2.75, 3.05) is 31.7 Å². The number of hydrogen-bond acceptors (Lipinski definition) is 8. The van der Waals surface area contributed by atoms with E-state index >= 15 is 0 Å². The third-order valence-corrected chi connectivity index (χ3v) is 12.8. The monoisotopic (exact) mass is 616 g/mol. The van der Waals surface area contributed by atoms with E-state index < -0.39 is 20.0 Å². The van der Waals surface area contributed by atoms with Crippen LogP contribution in [0.4, 0.5) is 11.4 Å². The van der Waals surface area contributed by atoms with E-state index in [1.165, 1.54) is 32.9 Å². The molecule has 0 aliphatic carbocycles. The lowest BCUT2D eigenvalue weighted by Gasteiger charge is -2.31. The first-order chi connectivity index (χ1) is 20.1. The number of sulfonamides is 2. The number of nitrogens with one attached hydrogen (secondary N) is 1. The van der Waals surface area contributed by atoms with Gasteiger partial charge in [-0.05, 0) is 67.0 Å². The average molecular weight is 617 g/mol. The molecule has 0 amide bonds. The maximum absolute atomic E-state index is 13.6. The first-order valence-corrected chi connectivity index (χ1v) is 17.8. The number of nitrogens with zero attached hydrogens (tertiary/aromatic N) is 3. The number of nitroso groups, excluding NO2 is 1. The van der Waals surface area contributed by atoms with E-state index in [0.29, 0.717) is 48.8 Å². The Morgan fingerprint density at radius 3 is 1.48 bits per heavy atom.